The number of likely N-dealkylation sites (N-methyl/N-ethyl adjacent to an activating group) is 2. The van der Waals surface area contributed by atoms with Crippen LogP contribution in [0.3, 0.4) is 0 Å². The maximum absolute atomic E-state index is 11.5. The Hall–Kier alpha value is -1.65. The monoisotopic (exact) mass is 192 g/mol. The maximum Gasteiger partial charge on any atom is 0.246 e. The first-order valence-corrected chi connectivity index (χ1v) is 4.41. The molecule has 1 aliphatic rings. The smallest absolute Gasteiger partial charge is 0.246 e. The van der Waals surface area contributed by atoms with E-state index in [0.29, 0.717) is 6.54 Å². The summed E-state index contributed by atoms with van der Waals surface area (Å²) in [7, 11) is 3.60. The first kappa shape index (κ1) is 8.93. The number of anilines is 2. The second-order valence-corrected chi connectivity index (χ2v) is 3.43. The third-order valence-electron chi connectivity index (χ3n) is 2.34. The molecule has 0 aromatic carbocycles. The number of fused-ring (bicyclic) bond motifs is 1. The standard InChI is InChI=1S/C9H12N4O/c1-6-10-4-7-9(11-6)12(2)5-8(14)13(7)3/h4H,5H2,1-3H3. The number of rotatable bonds is 0. The normalized spacial score (nSPS) is 15.8. The van der Waals surface area contributed by atoms with Gasteiger partial charge >= 0.3 is 0 Å². The molecule has 74 valence electrons. The van der Waals surface area contributed by atoms with Crippen molar-refractivity contribution in [1.29, 1.82) is 0 Å². The third kappa shape index (κ3) is 1.21. The van der Waals surface area contributed by atoms with E-state index in [1.165, 1.54) is 0 Å². The van der Waals surface area contributed by atoms with Gasteiger partial charge in [0, 0.05) is 14.1 Å². The summed E-state index contributed by atoms with van der Waals surface area (Å²) in [4.78, 5) is 23.3. The number of nitrogens with zero attached hydrogens (tertiary/aromatic N) is 4. The van der Waals surface area contributed by atoms with Crippen molar-refractivity contribution in [3.05, 3.63) is 12.0 Å². The zero-order chi connectivity index (χ0) is 10.3. The molecule has 0 bridgehead atoms. The topological polar surface area (TPSA) is 49.3 Å². The fourth-order valence-electron chi connectivity index (χ4n) is 1.49. The summed E-state index contributed by atoms with van der Waals surface area (Å²) in [6.07, 6.45) is 1.69. The van der Waals surface area contributed by atoms with Crippen LogP contribution in [-0.2, 0) is 4.79 Å². The van der Waals surface area contributed by atoms with Gasteiger partial charge in [-0.05, 0) is 6.92 Å². The second-order valence-electron chi connectivity index (χ2n) is 3.43. The minimum atomic E-state index is 0.0625. The van der Waals surface area contributed by atoms with E-state index in [4.69, 9.17) is 0 Å². The zero-order valence-electron chi connectivity index (χ0n) is 8.48. The molecule has 0 fully saturated rings. The van der Waals surface area contributed by atoms with Crippen molar-refractivity contribution >= 4 is 17.4 Å². The lowest BCUT2D eigenvalue weighted by Gasteiger charge is -2.31. The van der Waals surface area contributed by atoms with Crippen LogP contribution in [0.4, 0.5) is 11.5 Å². The van der Waals surface area contributed by atoms with Crippen LogP contribution in [0.2, 0.25) is 0 Å². The molecule has 5 nitrogen and oxygen atoms in total. The molecule has 0 radical (unpaired) electrons. The van der Waals surface area contributed by atoms with E-state index in [0.717, 1.165) is 17.3 Å². The summed E-state index contributed by atoms with van der Waals surface area (Å²) in [5, 5.41) is 0. The molecule has 1 aliphatic heterocycles. The first-order chi connectivity index (χ1) is 6.59. The molecule has 14 heavy (non-hydrogen) atoms. The van der Waals surface area contributed by atoms with Crippen LogP contribution in [0.1, 0.15) is 5.82 Å². The van der Waals surface area contributed by atoms with Crippen LogP contribution in [0.25, 0.3) is 0 Å². The highest BCUT2D eigenvalue weighted by Crippen LogP contribution is 2.28. The molecule has 0 N–H and O–H groups in total. The molecule has 0 atom stereocenters. The summed E-state index contributed by atoms with van der Waals surface area (Å²) >= 11 is 0. The third-order valence-corrected chi connectivity index (χ3v) is 2.34. The Morgan fingerprint density at radius 3 is 2.86 bits per heavy atom. The van der Waals surface area contributed by atoms with Crippen molar-refractivity contribution in [1.82, 2.24) is 9.97 Å². The quantitative estimate of drug-likeness (QED) is 0.589. The molecule has 1 aromatic heterocycles. The predicted octanol–water partition coefficient (Wildman–Crippen LogP) is 0.198. The highest BCUT2D eigenvalue weighted by atomic mass is 16.2. The van der Waals surface area contributed by atoms with E-state index in [1.807, 2.05) is 18.9 Å². The van der Waals surface area contributed by atoms with Crippen LogP contribution in [0.15, 0.2) is 6.20 Å². The van der Waals surface area contributed by atoms with E-state index >= 15 is 0 Å². The van der Waals surface area contributed by atoms with E-state index in [2.05, 4.69) is 9.97 Å². The molecular weight excluding hydrogens is 180 g/mol. The Morgan fingerprint density at radius 2 is 2.14 bits per heavy atom. The first-order valence-electron chi connectivity index (χ1n) is 4.41. The van der Waals surface area contributed by atoms with Crippen molar-refractivity contribution in [2.24, 2.45) is 0 Å². The van der Waals surface area contributed by atoms with Crippen LogP contribution >= 0.6 is 0 Å². The number of aromatic nitrogens is 2. The summed E-state index contributed by atoms with van der Waals surface area (Å²) < 4.78 is 0. The Morgan fingerprint density at radius 1 is 1.43 bits per heavy atom. The van der Waals surface area contributed by atoms with E-state index < -0.39 is 0 Å². The molecule has 2 rings (SSSR count). The number of hydrogen-bond acceptors (Lipinski definition) is 4. The Balaban J connectivity index is 2.55. The average molecular weight is 192 g/mol. The van der Waals surface area contributed by atoms with Crippen LogP contribution in [0.5, 0.6) is 0 Å². The number of carbonyl (C=O) groups is 1. The van der Waals surface area contributed by atoms with Gasteiger partial charge in [0.1, 0.15) is 11.5 Å². The van der Waals surface area contributed by atoms with Crippen LogP contribution < -0.4 is 9.80 Å². The number of hydrogen-bond donors (Lipinski definition) is 0. The molecule has 0 saturated carbocycles. The van der Waals surface area contributed by atoms with Crippen LogP contribution in [0, 0.1) is 6.92 Å². The van der Waals surface area contributed by atoms with Crippen molar-refractivity contribution < 1.29 is 4.79 Å². The van der Waals surface area contributed by atoms with Gasteiger partial charge in [0.15, 0.2) is 5.82 Å². The lowest BCUT2D eigenvalue weighted by atomic mass is 10.3. The molecule has 1 aromatic rings. The molecule has 0 saturated heterocycles. The SMILES string of the molecule is Cc1ncc2c(n1)N(C)CC(=O)N2C. The molecular formula is C9H12N4O. The maximum atomic E-state index is 11.5. The number of amides is 1. The van der Waals surface area contributed by atoms with Crippen molar-refractivity contribution in [3.8, 4) is 0 Å². The summed E-state index contributed by atoms with van der Waals surface area (Å²) in [6.45, 7) is 2.21. The summed E-state index contributed by atoms with van der Waals surface area (Å²) in [5.74, 6) is 1.60. The van der Waals surface area contributed by atoms with Crippen LogP contribution in [-0.4, -0.2) is 36.5 Å². The Kier molecular flexibility index (Phi) is 1.87. The van der Waals surface area contributed by atoms with E-state index in [-0.39, 0.29) is 5.91 Å². The van der Waals surface area contributed by atoms with Gasteiger partial charge in [-0.15, -0.1) is 0 Å². The molecule has 0 aliphatic carbocycles. The Bertz CT molecular complexity index is 390. The van der Waals surface area contributed by atoms with Gasteiger partial charge in [0.2, 0.25) is 5.91 Å². The predicted molar refractivity (Wildman–Crippen MR) is 53.4 cm³/mol. The minimum Gasteiger partial charge on any atom is -0.349 e. The highest BCUT2D eigenvalue weighted by molar-refractivity contribution is 6.01. The van der Waals surface area contributed by atoms with Gasteiger partial charge in [0.25, 0.3) is 0 Å². The molecule has 5 heteroatoms. The van der Waals surface area contributed by atoms with Gasteiger partial charge in [-0.2, -0.15) is 0 Å². The fourth-order valence-corrected chi connectivity index (χ4v) is 1.49. The molecule has 0 unspecified atom stereocenters. The minimum absolute atomic E-state index is 0.0625. The average Bonchev–Trinajstić information content (AvgIpc) is 2.14. The largest absolute Gasteiger partial charge is 0.349 e. The van der Waals surface area contributed by atoms with Gasteiger partial charge < -0.3 is 9.80 Å². The summed E-state index contributed by atoms with van der Waals surface area (Å²) in [6, 6.07) is 0. The lowest BCUT2D eigenvalue weighted by Crippen LogP contribution is -2.42. The van der Waals surface area contributed by atoms with E-state index in [1.54, 1.807) is 18.1 Å². The molecule has 1 amide bonds. The molecule has 0 spiro atoms. The second kappa shape index (κ2) is 2.94. The summed E-state index contributed by atoms with van der Waals surface area (Å²) in [5.41, 5.74) is 0.773. The van der Waals surface area contributed by atoms with Crippen molar-refractivity contribution in [2.75, 3.05) is 30.4 Å². The fraction of sp³-hybridized carbons (Fsp3) is 0.444. The highest BCUT2D eigenvalue weighted by Gasteiger charge is 2.25. The number of aryl methyl sites for hydroxylation is 1. The van der Waals surface area contributed by atoms with Gasteiger partial charge in [-0.3, -0.25) is 4.79 Å². The van der Waals surface area contributed by atoms with Crippen molar-refractivity contribution in [3.63, 3.8) is 0 Å². The van der Waals surface area contributed by atoms with Gasteiger partial charge in [0.05, 0.1) is 12.7 Å². The van der Waals surface area contributed by atoms with Gasteiger partial charge in [-0.1, -0.05) is 0 Å². The van der Waals surface area contributed by atoms with Gasteiger partial charge in [-0.25, -0.2) is 9.97 Å². The Labute approximate surface area is 82.4 Å². The number of carbonyl (C=O) groups excluding carboxylic acids is 1. The van der Waals surface area contributed by atoms with E-state index in [9.17, 15) is 4.79 Å². The van der Waals surface area contributed by atoms with Crippen molar-refractivity contribution in [2.45, 2.75) is 6.92 Å². The molecule has 2 heterocycles. The zero-order valence-corrected chi connectivity index (χ0v) is 8.48. The lowest BCUT2D eigenvalue weighted by molar-refractivity contribution is -0.117.